The van der Waals surface area contributed by atoms with Gasteiger partial charge in [-0.05, 0) is 44.1 Å². The summed E-state index contributed by atoms with van der Waals surface area (Å²) < 4.78 is 0. The molecule has 3 nitrogen and oxygen atoms in total. The van der Waals surface area contributed by atoms with Gasteiger partial charge in [0.2, 0.25) is 5.91 Å². The van der Waals surface area contributed by atoms with Gasteiger partial charge in [-0.1, -0.05) is 13.3 Å². The summed E-state index contributed by atoms with van der Waals surface area (Å²) in [5.41, 5.74) is 0. The molecule has 0 spiro atoms. The molecule has 0 aromatic rings. The molecule has 0 aromatic carbocycles. The van der Waals surface area contributed by atoms with Crippen molar-refractivity contribution >= 4 is 18.3 Å². The Balaban J connectivity index is 0.00000144. The van der Waals surface area contributed by atoms with Crippen LogP contribution in [0.25, 0.3) is 0 Å². The summed E-state index contributed by atoms with van der Waals surface area (Å²) in [6, 6.07) is 0.375. The van der Waals surface area contributed by atoms with Gasteiger partial charge in [0.05, 0.1) is 0 Å². The lowest BCUT2D eigenvalue weighted by atomic mass is 10.0. The second-order valence-corrected chi connectivity index (χ2v) is 5.60. The number of hydrogen-bond acceptors (Lipinski definition) is 2. The lowest BCUT2D eigenvalue weighted by Crippen LogP contribution is -2.45. The van der Waals surface area contributed by atoms with Crippen molar-refractivity contribution in [3.8, 4) is 0 Å². The highest BCUT2D eigenvalue weighted by Crippen LogP contribution is 2.32. The fraction of sp³-hybridized carbons (Fsp3) is 0.923. The third kappa shape index (κ3) is 4.84. The Morgan fingerprint density at radius 3 is 2.76 bits per heavy atom. The maximum absolute atomic E-state index is 11.8. The lowest BCUT2D eigenvalue weighted by Gasteiger charge is -2.24. The minimum absolute atomic E-state index is 0. The molecule has 2 fully saturated rings. The van der Waals surface area contributed by atoms with E-state index in [-0.39, 0.29) is 18.3 Å². The molecule has 1 aliphatic heterocycles. The molecule has 2 unspecified atom stereocenters. The van der Waals surface area contributed by atoms with E-state index in [1.54, 1.807) is 0 Å². The van der Waals surface area contributed by atoms with E-state index < -0.39 is 0 Å². The minimum Gasteiger partial charge on any atom is -0.352 e. The van der Waals surface area contributed by atoms with E-state index >= 15 is 0 Å². The lowest BCUT2D eigenvalue weighted by molar-refractivity contribution is -0.122. The fourth-order valence-electron chi connectivity index (χ4n) is 3.03. The van der Waals surface area contributed by atoms with Crippen LogP contribution in [0.3, 0.4) is 0 Å². The van der Waals surface area contributed by atoms with Crippen LogP contribution >= 0.6 is 12.4 Å². The highest BCUT2D eigenvalue weighted by molar-refractivity contribution is 5.85. The Labute approximate surface area is 111 Å². The molecule has 1 heterocycles. The van der Waals surface area contributed by atoms with Crippen molar-refractivity contribution in [3.63, 3.8) is 0 Å². The first kappa shape index (κ1) is 14.8. The van der Waals surface area contributed by atoms with Gasteiger partial charge in [0.15, 0.2) is 0 Å². The van der Waals surface area contributed by atoms with Crippen molar-refractivity contribution < 1.29 is 4.79 Å². The van der Waals surface area contributed by atoms with Gasteiger partial charge in [0.25, 0.3) is 0 Å². The largest absolute Gasteiger partial charge is 0.352 e. The average Bonchev–Trinajstić information content (AvgIpc) is 2.65. The van der Waals surface area contributed by atoms with E-state index in [1.807, 2.05) is 0 Å². The quantitative estimate of drug-likeness (QED) is 0.816. The van der Waals surface area contributed by atoms with Gasteiger partial charge in [-0.25, -0.2) is 0 Å². The summed E-state index contributed by atoms with van der Waals surface area (Å²) in [6.07, 6.45) is 6.88. The van der Waals surface area contributed by atoms with Gasteiger partial charge >= 0.3 is 0 Å². The predicted octanol–water partition coefficient (Wildman–Crippen LogP) is 2.10. The van der Waals surface area contributed by atoms with Crippen molar-refractivity contribution in [2.45, 2.75) is 51.5 Å². The van der Waals surface area contributed by atoms with Gasteiger partial charge in [0.1, 0.15) is 0 Å². The van der Waals surface area contributed by atoms with E-state index in [0.717, 1.165) is 31.8 Å². The van der Waals surface area contributed by atoms with Crippen LogP contribution in [0.2, 0.25) is 0 Å². The van der Waals surface area contributed by atoms with Crippen LogP contribution in [-0.2, 0) is 4.79 Å². The molecular weight excluding hydrogens is 236 g/mol. The first-order valence-electron chi connectivity index (χ1n) is 6.74. The molecule has 100 valence electrons. The molecule has 1 saturated heterocycles. The normalized spacial score (nSPS) is 32.9. The van der Waals surface area contributed by atoms with Crippen molar-refractivity contribution in [1.29, 1.82) is 0 Å². The summed E-state index contributed by atoms with van der Waals surface area (Å²) in [7, 11) is 0. The Morgan fingerprint density at radius 2 is 2.18 bits per heavy atom. The summed E-state index contributed by atoms with van der Waals surface area (Å²) in [5, 5.41) is 6.49. The maximum Gasteiger partial charge on any atom is 0.220 e. The average molecular weight is 261 g/mol. The van der Waals surface area contributed by atoms with Crippen LogP contribution in [-0.4, -0.2) is 25.0 Å². The molecule has 1 saturated carbocycles. The number of rotatable bonds is 3. The molecule has 0 radical (unpaired) electrons. The Kier molecular flexibility index (Phi) is 6.28. The van der Waals surface area contributed by atoms with Crippen molar-refractivity contribution in [2.24, 2.45) is 11.8 Å². The number of piperidine rings is 1. The van der Waals surface area contributed by atoms with Crippen LogP contribution in [0.5, 0.6) is 0 Å². The van der Waals surface area contributed by atoms with Crippen LogP contribution in [0.4, 0.5) is 0 Å². The van der Waals surface area contributed by atoms with Crippen molar-refractivity contribution in [1.82, 2.24) is 10.6 Å². The van der Waals surface area contributed by atoms with E-state index in [9.17, 15) is 4.79 Å². The van der Waals surface area contributed by atoms with Crippen LogP contribution in [0.1, 0.15) is 45.4 Å². The zero-order chi connectivity index (χ0) is 11.4. The van der Waals surface area contributed by atoms with Gasteiger partial charge in [-0.15, -0.1) is 12.4 Å². The van der Waals surface area contributed by atoms with E-state index in [2.05, 4.69) is 17.6 Å². The van der Waals surface area contributed by atoms with Gasteiger partial charge in [-0.2, -0.15) is 0 Å². The van der Waals surface area contributed by atoms with E-state index in [0.29, 0.717) is 12.0 Å². The van der Waals surface area contributed by atoms with E-state index in [1.165, 1.54) is 25.7 Å². The summed E-state index contributed by atoms with van der Waals surface area (Å²) >= 11 is 0. The zero-order valence-electron chi connectivity index (χ0n) is 10.7. The predicted molar refractivity (Wildman–Crippen MR) is 72.4 cm³/mol. The zero-order valence-corrected chi connectivity index (χ0v) is 11.5. The molecule has 2 aliphatic rings. The summed E-state index contributed by atoms with van der Waals surface area (Å²) in [6.45, 7) is 4.35. The molecule has 1 amide bonds. The van der Waals surface area contributed by atoms with Crippen LogP contribution in [0, 0.1) is 11.8 Å². The second-order valence-electron chi connectivity index (χ2n) is 5.60. The highest BCUT2D eigenvalue weighted by atomic mass is 35.5. The number of amides is 1. The van der Waals surface area contributed by atoms with Crippen molar-refractivity contribution in [2.75, 3.05) is 13.1 Å². The summed E-state index contributed by atoms with van der Waals surface area (Å²) in [4.78, 5) is 11.8. The van der Waals surface area contributed by atoms with Gasteiger partial charge in [-0.3, -0.25) is 4.79 Å². The minimum atomic E-state index is 0. The topological polar surface area (TPSA) is 41.1 Å². The van der Waals surface area contributed by atoms with Crippen LogP contribution in [0.15, 0.2) is 0 Å². The van der Waals surface area contributed by atoms with Crippen molar-refractivity contribution in [3.05, 3.63) is 0 Å². The number of nitrogens with one attached hydrogen (secondary N) is 2. The van der Waals surface area contributed by atoms with Gasteiger partial charge in [0, 0.05) is 19.0 Å². The smallest absolute Gasteiger partial charge is 0.220 e. The number of halogens is 1. The molecular formula is C13H25ClN2O. The Bertz CT molecular complexity index is 233. The number of hydrogen-bond donors (Lipinski definition) is 2. The fourth-order valence-corrected chi connectivity index (χ4v) is 3.03. The molecule has 17 heavy (non-hydrogen) atoms. The Morgan fingerprint density at radius 1 is 1.35 bits per heavy atom. The first-order valence-corrected chi connectivity index (χ1v) is 6.74. The molecule has 4 heteroatoms. The Hall–Kier alpha value is -0.280. The molecule has 3 atom stereocenters. The molecule has 2 N–H and O–H groups in total. The first-order chi connectivity index (χ1) is 7.74. The SMILES string of the molecule is CC1CCC(CC(=O)N[C@H]2CCCNC2)C1.Cl. The van der Waals surface area contributed by atoms with E-state index in [4.69, 9.17) is 0 Å². The third-order valence-electron chi connectivity index (χ3n) is 3.94. The van der Waals surface area contributed by atoms with Crippen LogP contribution < -0.4 is 10.6 Å². The number of carbonyl (C=O) groups is 1. The second kappa shape index (κ2) is 7.22. The maximum atomic E-state index is 11.8. The highest BCUT2D eigenvalue weighted by Gasteiger charge is 2.24. The molecule has 1 aliphatic carbocycles. The molecule has 0 bridgehead atoms. The monoisotopic (exact) mass is 260 g/mol. The third-order valence-corrected chi connectivity index (χ3v) is 3.94. The standard InChI is InChI=1S/C13H24N2O.ClH/c1-10-4-5-11(7-10)8-13(16)15-12-3-2-6-14-9-12;/h10-12,14H,2-9H2,1H3,(H,15,16);1H/t10?,11?,12-;/m0./s1. The molecule has 2 rings (SSSR count). The van der Waals surface area contributed by atoms with Gasteiger partial charge < -0.3 is 10.6 Å². The molecule has 0 aromatic heterocycles. The number of carbonyl (C=O) groups excluding carboxylic acids is 1. The summed E-state index contributed by atoms with van der Waals surface area (Å²) in [5.74, 6) is 1.74.